The van der Waals surface area contributed by atoms with E-state index in [2.05, 4.69) is 46.2 Å². The van der Waals surface area contributed by atoms with Gasteiger partial charge >= 0.3 is 6.03 Å². The number of aromatic nitrogens is 2. The minimum Gasteiger partial charge on any atom is -0.324 e. The average molecular weight is 334 g/mol. The largest absolute Gasteiger partial charge is 0.324 e. The van der Waals surface area contributed by atoms with Crippen molar-refractivity contribution in [3.8, 4) is 0 Å². The van der Waals surface area contributed by atoms with Crippen LogP contribution in [0.15, 0.2) is 16.8 Å². The third-order valence-electron chi connectivity index (χ3n) is 5.03. The van der Waals surface area contributed by atoms with Crippen LogP contribution >= 0.6 is 22.7 Å². The summed E-state index contributed by atoms with van der Waals surface area (Å²) in [6.07, 6.45) is 0.777. The first-order chi connectivity index (χ1) is 10.5. The van der Waals surface area contributed by atoms with Gasteiger partial charge in [0.25, 0.3) is 0 Å². The Balaban J connectivity index is 1.34. The summed E-state index contributed by atoms with van der Waals surface area (Å²) in [6, 6.07) is 2.05. The number of amides is 2. The van der Waals surface area contributed by atoms with Gasteiger partial charge in [-0.25, -0.2) is 4.79 Å². The van der Waals surface area contributed by atoms with Gasteiger partial charge in [0.05, 0.1) is 0 Å². The highest BCUT2D eigenvalue weighted by molar-refractivity contribution is 7.15. The van der Waals surface area contributed by atoms with Crippen molar-refractivity contribution in [1.82, 2.24) is 15.1 Å². The van der Waals surface area contributed by atoms with Gasteiger partial charge in [0.15, 0.2) is 0 Å². The summed E-state index contributed by atoms with van der Waals surface area (Å²) in [4.78, 5) is 14.2. The van der Waals surface area contributed by atoms with E-state index >= 15 is 0 Å². The first-order valence-electron chi connectivity index (χ1n) is 7.43. The highest BCUT2D eigenvalue weighted by Crippen LogP contribution is 2.61. The summed E-state index contributed by atoms with van der Waals surface area (Å²) in [7, 11) is 0. The summed E-state index contributed by atoms with van der Waals surface area (Å²) in [5.41, 5.74) is 1.66. The number of carbonyl (C=O) groups is 1. The highest BCUT2D eigenvalue weighted by atomic mass is 32.1. The number of nitrogens with one attached hydrogen (secondary N) is 1. The van der Waals surface area contributed by atoms with Crippen molar-refractivity contribution in [2.45, 2.75) is 20.3 Å². The van der Waals surface area contributed by atoms with Crippen LogP contribution < -0.4 is 5.32 Å². The van der Waals surface area contributed by atoms with E-state index < -0.39 is 0 Å². The first-order valence-corrected chi connectivity index (χ1v) is 9.19. The lowest BCUT2D eigenvalue weighted by atomic mass is 10.1. The third-order valence-corrected chi connectivity index (χ3v) is 6.60. The van der Waals surface area contributed by atoms with Crippen molar-refractivity contribution in [3.05, 3.63) is 27.4 Å². The smallest absolute Gasteiger partial charge is 0.323 e. The van der Waals surface area contributed by atoms with Crippen LogP contribution in [0.2, 0.25) is 0 Å². The van der Waals surface area contributed by atoms with Crippen LogP contribution in [0.25, 0.3) is 0 Å². The molecule has 1 saturated heterocycles. The molecule has 2 aliphatic rings. The number of urea groups is 1. The zero-order chi connectivity index (χ0) is 15.3. The summed E-state index contributed by atoms with van der Waals surface area (Å²) in [6.45, 7) is 6.31. The second-order valence-corrected chi connectivity index (χ2v) is 8.52. The summed E-state index contributed by atoms with van der Waals surface area (Å²) in [5, 5.41) is 16.8. The van der Waals surface area contributed by atoms with Crippen LogP contribution in [0.3, 0.4) is 0 Å². The molecule has 1 saturated carbocycles. The zero-order valence-electron chi connectivity index (χ0n) is 12.6. The molecule has 2 aromatic heterocycles. The number of carbonyl (C=O) groups excluding carboxylic acids is 1. The molecule has 1 aliphatic carbocycles. The van der Waals surface area contributed by atoms with E-state index in [4.69, 9.17) is 0 Å². The van der Waals surface area contributed by atoms with Gasteiger partial charge in [0.2, 0.25) is 5.13 Å². The molecule has 2 fully saturated rings. The van der Waals surface area contributed by atoms with E-state index in [1.165, 1.54) is 16.9 Å². The zero-order valence-corrected chi connectivity index (χ0v) is 14.2. The number of hydrogen-bond donors (Lipinski definition) is 1. The van der Waals surface area contributed by atoms with E-state index in [0.717, 1.165) is 24.5 Å². The molecule has 2 amide bonds. The predicted octanol–water partition coefficient (Wildman–Crippen LogP) is 3.31. The molecule has 1 N–H and O–H groups in total. The predicted molar refractivity (Wildman–Crippen MR) is 88.4 cm³/mol. The lowest BCUT2D eigenvalue weighted by molar-refractivity contribution is 0.209. The van der Waals surface area contributed by atoms with Crippen molar-refractivity contribution in [3.63, 3.8) is 0 Å². The molecule has 2 atom stereocenters. The molecule has 7 heteroatoms. The quantitative estimate of drug-likeness (QED) is 0.937. The van der Waals surface area contributed by atoms with Crippen molar-refractivity contribution < 1.29 is 4.79 Å². The maximum atomic E-state index is 12.3. The highest BCUT2D eigenvalue weighted by Gasteiger charge is 2.62. The molecule has 5 nitrogen and oxygen atoms in total. The number of rotatable bonds is 3. The van der Waals surface area contributed by atoms with E-state index in [-0.39, 0.29) is 6.03 Å². The molecule has 22 heavy (non-hydrogen) atoms. The molecule has 3 heterocycles. The first kappa shape index (κ1) is 14.1. The van der Waals surface area contributed by atoms with Crippen LogP contribution in [-0.2, 0) is 6.42 Å². The number of piperidine rings is 1. The minimum atomic E-state index is -0.0405. The van der Waals surface area contributed by atoms with Gasteiger partial charge < -0.3 is 4.90 Å². The Labute approximate surface area is 137 Å². The van der Waals surface area contributed by atoms with Crippen LogP contribution in [0.4, 0.5) is 9.93 Å². The van der Waals surface area contributed by atoms with Crippen LogP contribution in [-0.4, -0.2) is 34.2 Å². The number of thiophene rings is 1. The lowest BCUT2D eigenvalue weighted by Gasteiger charge is -2.21. The fraction of sp³-hybridized carbons (Fsp3) is 0.533. The molecule has 0 bridgehead atoms. The third kappa shape index (κ3) is 2.42. The van der Waals surface area contributed by atoms with Gasteiger partial charge in [-0.2, -0.15) is 11.3 Å². The summed E-state index contributed by atoms with van der Waals surface area (Å²) < 4.78 is 0. The fourth-order valence-electron chi connectivity index (χ4n) is 3.41. The molecule has 4 rings (SSSR count). The van der Waals surface area contributed by atoms with Crippen molar-refractivity contribution in [1.29, 1.82) is 0 Å². The molecule has 2 unspecified atom stereocenters. The van der Waals surface area contributed by atoms with E-state index in [1.807, 2.05) is 4.90 Å². The van der Waals surface area contributed by atoms with Crippen molar-refractivity contribution >= 4 is 33.8 Å². The van der Waals surface area contributed by atoms with Gasteiger partial charge in [-0.3, -0.25) is 5.32 Å². The van der Waals surface area contributed by atoms with Gasteiger partial charge in [-0.1, -0.05) is 25.2 Å². The number of anilines is 1. The molecule has 0 radical (unpaired) electrons. The average Bonchev–Trinajstić information content (AvgIpc) is 3.05. The maximum absolute atomic E-state index is 12.3. The van der Waals surface area contributed by atoms with Crippen LogP contribution in [0.5, 0.6) is 0 Å². The second kappa shape index (κ2) is 5.03. The Morgan fingerprint density at radius 3 is 2.86 bits per heavy atom. The SMILES string of the molecule is CC1(C)C2CN(C(=O)Nc3nnc(Cc4ccsc4)s3)CC21. The molecular formula is C15H18N4OS2. The van der Waals surface area contributed by atoms with Gasteiger partial charge in [-0.15, -0.1) is 10.2 Å². The van der Waals surface area contributed by atoms with Gasteiger partial charge in [-0.05, 0) is 39.6 Å². The molecule has 2 aromatic rings. The topological polar surface area (TPSA) is 58.1 Å². The Morgan fingerprint density at radius 2 is 2.18 bits per heavy atom. The number of nitrogens with zero attached hydrogens (tertiary/aromatic N) is 3. The van der Waals surface area contributed by atoms with Crippen molar-refractivity contribution in [2.24, 2.45) is 17.3 Å². The van der Waals surface area contributed by atoms with Crippen LogP contribution in [0.1, 0.15) is 24.4 Å². The lowest BCUT2D eigenvalue weighted by Crippen LogP contribution is -2.36. The standard InChI is InChI=1S/C15H18N4OS2/c1-15(2)10-6-19(7-11(10)15)14(20)16-13-18-17-12(22-13)5-9-3-4-21-8-9/h3-4,8,10-11H,5-7H2,1-2H3,(H,16,18,20). The molecule has 116 valence electrons. The normalized spacial score (nSPS) is 25.1. The monoisotopic (exact) mass is 334 g/mol. The Kier molecular flexibility index (Phi) is 3.23. The summed E-state index contributed by atoms with van der Waals surface area (Å²) >= 11 is 3.13. The maximum Gasteiger partial charge on any atom is 0.323 e. The van der Waals surface area contributed by atoms with Crippen molar-refractivity contribution in [2.75, 3.05) is 18.4 Å². The molecule has 0 aromatic carbocycles. The Morgan fingerprint density at radius 1 is 1.41 bits per heavy atom. The molecule has 1 aliphatic heterocycles. The minimum absolute atomic E-state index is 0.0405. The van der Waals surface area contributed by atoms with Gasteiger partial charge in [0.1, 0.15) is 5.01 Å². The number of hydrogen-bond acceptors (Lipinski definition) is 5. The second-order valence-electron chi connectivity index (χ2n) is 6.68. The van der Waals surface area contributed by atoms with Crippen LogP contribution in [0, 0.1) is 17.3 Å². The molecule has 0 spiro atoms. The summed E-state index contributed by atoms with van der Waals surface area (Å²) in [5.74, 6) is 1.34. The van der Waals surface area contributed by atoms with E-state index in [9.17, 15) is 4.79 Å². The number of fused-ring (bicyclic) bond motifs is 1. The van der Waals surface area contributed by atoms with E-state index in [1.54, 1.807) is 11.3 Å². The molecular weight excluding hydrogens is 316 g/mol. The fourth-order valence-corrected chi connectivity index (χ4v) is 4.84. The Hall–Kier alpha value is -1.47. The van der Waals surface area contributed by atoms with Gasteiger partial charge in [0, 0.05) is 19.5 Å². The Bertz CT molecular complexity index is 680. The van der Waals surface area contributed by atoms with E-state index in [0.29, 0.717) is 22.4 Å². The number of likely N-dealkylation sites (tertiary alicyclic amines) is 1.